The number of benzene rings is 1. The lowest BCUT2D eigenvalue weighted by molar-refractivity contribution is -0.121. The smallest absolute Gasteiger partial charge is 0.221 e. The standard InChI is InChI=1S/C13H20N2O/c1-3-15-13(16)10-12(14-2)9-11-7-5-4-6-8-11/h4-8,12,14H,3,9-10H2,1-2H3,(H,15,16). The molecular formula is C13H20N2O. The molecule has 1 aromatic rings. The van der Waals surface area contributed by atoms with E-state index in [9.17, 15) is 4.79 Å². The van der Waals surface area contributed by atoms with Gasteiger partial charge in [0.25, 0.3) is 0 Å². The number of carbonyl (C=O) groups is 1. The average molecular weight is 220 g/mol. The Balaban J connectivity index is 2.46. The highest BCUT2D eigenvalue weighted by Crippen LogP contribution is 2.05. The van der Waals surface area contributed by atoms with E-state index in [1.165, 1.54) is 5.56 Å². The second-order valence-corrected chi connectivity index (χ2v) is 3.83. The Labute approximate surface area is 97.2 Å². The number of hydrogen-bond acceptors (Lipinski definition) is 2. The molecule has 1 rings (SSSR count). The van der Waals surface area contributed by atoms with Gasteiger partial charge in [-0.3, -0.25) is 4.79 Å². The number of amides is 1. The molecule has 88 valence electrons. The number of carbonyl (C=O) groups excluding carboxylic acids is 1. The Kier molecular flexibility index (Phi) is 5.57. The SMILES string of the molecule is CCNC(=O)CC(Cc1ccccc1)NC. The van der Waals surface area contributed by atoms with Gasteiger partial charge < -0.3 is 10.6 Å². The molecule has 0 bridgehead atoms. The van der Waals surface area contributed by atoms with Gasteiger partial charge in [0, 0.05) is 19.0 Å². The van der Waals surface area contributed by atoms with Crippen LogP contribution >= 0.6 is 0 Å². The van der Waals surface area contributed by atoms with Crippen LogP contribution in [0, 0.1) is 0 Å². The normalized spacial score (nSPS) is 12.1. The van der Waals surface area contributed by atoms with Crippen molar-refractivity contribution in [1.82, 2.24) is 10.6 Å². The van der Waals surface area contributed by atoms with Crippen molar-refractivity contribution >= 4 is 5.91 Å². The minimum absolute atomic E-state index is 0.109. The minimum Gasteiger partial charge on any atom is -0.356 e. The molecule has 0 saturated carbocycles. The van der Waals surface area contributed by atoms with Crippen LogP contribution in [0.2, 0.25) is 0 Å². The first-order chi connectivity index (χ1) is 7.76. The topological polar surface area (TPSA) is 41.1 Å². The predicted molar refractivity (Wildman–Crippen MR) is 66.3 cm³/mol. The maximum Gasteiger partial charge on any atom is 0.221 e. The first-order valence-corrected chi connectivity index (χ1v) is 5.74. The van der Waals surface area contributed by atoms with Gasteiger partial charge >= 0.3 is 0 Å². The van der Waals surface area contributed by atoms with Crippen molar-refractivity contribution in [2.75, 3.05) is 13.6 Å². The van der Waals surface area contributed by atoms with Crippen molar-refractivity contribution in [3.8, 4) is 0 Å². The van der Waals surface area contributed by atoms with Gasteiger partial charge in [-0.25, -0.2) is 0 Å². The van der Waals surface area contributed by atoms with Crippen LogP contribution in [0.1, 0.15) is 18.9 Å². The van der Waals surface area contributed by atoms with E-state index in [2.05, 4.69) is 22.8 Å². The molecule has 16 heavy (non-hydrogen) atoms. The molecule has 2 N–H and O–H groups in total. The fourth-order valence-corrected chi connectivity index (χ4v) is 1.67. The van der Waals surface area contributed by atoms with Gasteiger partial charge in [-0.2, -0.15) is 0 Å². The van der Waals surface area contributed by atoms with Gasteiger partial charge in [0.2, 0.25) is 5.91 Å². The van der Waals surface area contributed by atoms with Gasteiger partial charge in [-0.1, -0.05) is 30.3 Å². The van der Waals surface area contributed by atoms with Crippen LogP contribution in [0.4, 0.5) is 0 Å². The molecule has 0 aromatic heterocycles. The van der Waals surface area contributed by atoms with E-state index in [1.54, 1.807) is 0 Å². The van der Waals surface area contributed by atoms with Crippen LogP contribution in [0.3, 0.4) is 0 Å². The maximum atomic E-state index is 11.5. The third-order valence-electron chi connectivity index (χ3n) is 2.54. The monoisotopic (exact) mass is 220 g/mol. The van der Waals surface area contributed by atoms with Crippen LogP contribution in [0.5, 0.6) is 0 Å². The highest BCUT2D eigenvalue weighted by atomic mass is 16.1. The summed E-state index contributed by atoms with van der Waals surface area (Å²) in [5.41, 5.74) is 1.26. The molecule has 3 heteroatoms. The molecule has 0 fully saturated rings. The Bertz CT molecular complexity index is 311. The highest BCUT2D eigenvalue weighted by molar-refractivity contribution is 5.76. The molecule has 1 unspecified atom stereocenters. The summed E-state index contributed by atoms with van der Waals surface area (Å²) in [6.07, 6.45) is 1.41. The summed E-state index contributed by atoms with van der Waals surface area (Å²) < 4.78 is 0. The first-order valence-electron chi connectivity index (χ1n) is 5.74. The second kappa shape index (κ2) is 7.01. The summed E-state index contributed by atoms with van der Waals surface area (Å²) in [5.74, 6) is 0.109. The zero-order valence-electron chi connectivity index (χ0n) is 9.99. The fourth-order valence-electron chi connectivity index (χ4n) is 1.67. The third kappa shape index (κ3) is 4.45. The molecule has 1 aromatic carbocycles. The van der Waals surface area contributed by atoms with Crippen molar-refractivity contribution in [2.24, 2.45) is 0 Å². The number of hydrogen-bond donors (Lipinski definition) is 2. The highest BCUT2D eigenvalue weighted by Gasteiger charge is 2.11. The summed E-state index contributed by atoms with van der Waals surface area (Å²) in [6, 6.07) is 10.4. The molecule has 3 nitrogen and oxygen atoms in total. The predicted octanol–water partition coefficient (Wildman–Crippen LogP) is 1.34. The molecule has 0 aliphatic carbocycles. The number of rotatable bonds is 6. The first kappa shape index (κ1) is 12.7. The van der Waals surface area contributed by atoms with Crippen LogP contribution < -0.4 is 10.6 Å². The fraction of sp³-hybridized carbons (Fsp3) is 0.462. The van der Waals surface area contributed by atoms with E-state index in [4.69, 9.17) is 0 Å². The summed E-state index contributed by atoms with van der Waals surface area (Å²) in [7, 11) is 1.90. The van der Waals surface area contributed by atoms with Crippen LogP contribution in [0.25, 0.3) is 0 Å². The number of nitrogens with one attached hydrogen (secondary N) is 2. The van der Waals surface area contributed by atoms with E-state index in [1.807, 2.05) is 32.2 Å². The van der Waals surface area contributed by atoms with Crippen LogP contribution in [-0.4, -0.2) is 25.5 Å². The minimum atomic E-state index is 0.109. The largest absolute Gasteiger partial charge is 0.356 e. The Hall–Kier alpha value is -1.35. The molecule has 0 saturated heterocycles. The maximum absolute atomic E-state index is 11.5. The van der Waals surface area contributed by atoms with E-state index < -0.39 is 0 Å². The Morgan fingerprint density at radius 1 is 1.31 bits per heavy atom. The van der Waals surface area contributed by atoms with Gasteiger partial charge in [0.15, 0.2) is 0 Å². The molecule has 0 heterocycles. The summed E-state index contributed by atoms with van der Waals surface area (Å²) in [6.45, 7) is 2.63. The van der Waals surface area contributed by atoms with E-state index in [-0.39, 0.29) is 11.9 Å². The van der Waals surface area contributed by atoms with Crippen molar-refractivity contribution in [3.63, 3.8) is 0 Å². The lowest BCUT2D eigenvalue weighted by atomic mass is 10.0. The summed E-state index contributed by atoms with van der Waals surface area (Å²) in [4.78, 5) is 11.5. The van der Waals surface area contributed by atoms with E-state index in [0.717, 1.165) is 6.42 Å². The zero-order chi connectivity index (χ0) is 11.8. The molecule has 0 spiro atoms. The lowest BCUT2D eigenvalue weighted by Crippen LogP contribution is -2.35. The third-order valence-corrected chi connectivity index (χ3v) is 2.54. The van der Waals surface area contributed by atoms with Gasteiger partial charge in [-0.05, 0) is 26.0 Å². The Morgan fingerprint density at radius 2 is 2.00 bits per heavy atom. The summed E-state index contributed by atoms with van der Waals surface area (Å²) >= 11 is 0. The average Bonchev–Trinajstić information content (AvgIpc) is 2.30. The molecule has 0 aliphatic rings. The molecule has 1 amide bonds. The van der Waals surface area contributed by atoms with Gasteiger partial charge in [0.05, 0.1) is 0 Å². The van der Waals surface area contributed by atoms with Crippen molar-refractivity contribution in [1.29, 1.82) is 0 Å². The molecule has 0 radical (unpaired) electrons. The lowest BCUT2D eigenvalue weighted by Gasteiger charge is -2.15. The molecular weight excluding hydrogens is 200 g/mol. The van der Waals surface area contributed by atoms with E-state index in [0.29, 0.717) is 13.0 Å². The quantitative estimate of drug-likeness (QED) is 0.759. The van der Waals surface area contributed by atoms with Gasteiger partial charge in [0.1, 0.15) is 0 Å². The van der Waals surface area contributed by atoms with Gasteiger partial charge in [-0.15, -0.1) is 0 Å². The van der Waals surface area contributed by atoms with E-state index >= 15 is 0 Å². The van der Waals surface area contributed by atoms with Crippen molar-refractivity contribution < 1.29 is 4.79 Å². The van der Waals surface area contributed by atoms with Crippen molar-refractivity contribution in [3.05, 3.63) is 35.9 Å². The van der Waals surface area contributed by atoms with Crippen molar-refractivity contribution in [2.45, 2.75) is 25.8 Å². The zero-order valence-corrected chi connectivity index (χ0v) is 9.99. The Morgan fingerprint density at radius 3 is 2.56 bits per heavy atom. The van der Waals surface area contributed by atoms with Crippen LogP contribution in [-0.2, 0) is 11.2 Å². The van der Waals surface area contributed by atoms with Crippen LogP contribution in [0.15, 0.2) is 30.3 Å². The summed E-state index contributed by atoms with van der Waals surface area (Å²) in [5, 5.41) is 6.00. The molecule has 0 aliphatic heterocycles. The number of likely N-dealkylation sites (N-methyl/N-ethyl adjacent to an activating group) is 1. The molecule has 1 atom stereocenters. The second-order valence-electron chi connectivity index (χ2n) is 3.83.